The molecule has 2 heterocycles. The Hall–Kier alpha value is -2.13. The van der Waals surface area contributed by atoms with Crippen LogP contribution in [0.15, 0.2) is 42.9 Å². The lowest BCUT2D eigenvalue weighted by molar-refractivity contribution is 0.536. The number of hydrogen-bond donors (Lipinski definition) is 1. The summed E-state index contributed by atoms with van der Waals surface area (Å²) in [4.78, 5) is 8.29. The molecule has 0 saturated carbocycles. The number of pyridine rings is 1. The van der Waals surface area contributed by atoms with Gasteiger partial charge in [-0.3, -0.25) is 8.78 Å². The van der Waals surface area contributed by atoms with Crippen molar-refractivity contribution in [2.45, 2.75) is 12.3 Å². The molecule has 6 nitrogen and oxygen atoms in total. The Morgan fingerprint density at radius 1 is 1.28 bits per heavy atom. The molecule has 3 aromatic rings. The molecule has 2 N–H and O–H groups in total. The van der Waals surface area contributed by atoms with Gasteiger partial charge in [0.2, 0.25) is 0 Å². The molecule has 0 radical (unpaired) electrons. The molecule has 0 saturated heterocycles. The zero-order chi connectivity index (χ0) is 18.0. The van der Waals surface area contributed by atoms with Crippen LogP contribution in [0.25, 0.3) is 17.1 Å². The van der Waals surface area contributed by atoms with Crippen molar-refractivity contribution in [2.75, 3.05) is 0 Å². The number of nitrogens with zero attached hydrogens (tertiary/aromatic N) is 3. The van der Waals surface area contributed by atoms with Crippen molar-refractivity contribution in [1.82, 2.24) is 14.5 Å². The van der Waals surface area contributed by atoms with E-state index in [1.807, 2.05) is 0 Å². The summed E-state index contributed by atoms with van der Waals surface area (Å²) in [6.07, 6.45) is 2.93. The van der Waals surface area contributed by atoms with E-state index in [0.29, 0.717) is 28.2 Å². The molecule has 0 aliphatic rings. The number of hydrogen-bond acceptors (Lipinski definition) is 5. The zero-order valence-corrected chi connectivity index (χ0v) is 14.4. The summed E-state index contributed by atoms with van der Waals surface area (Å²) in [5.74, 6) is -0.0560. The molecule has 0 bridgehead atoms. The second kappa shape index (κ2) is 7.40. The van der Waals surface area contributed by atoms with E-state index in [1.54, 1.807) is 28.8 Å². The molecular weight excluding hydrogens is 367 g/mol. The maximum Gasteiger partial charge on any atom is 0.155 e. The number of rotatable bonds is 5. The van der Waals surface area contributed by atoms with Crippen LogP contribution in [-0.4, -0.2) is 23.3 Å². The molecule has 25 heavy (non-hydrogen) atoms. The Morgan fingerprint density at radius 2 is 2.08 bits per heavy atom. The second-order valence-electron chi connectivity index (χ2n) is 5.24. The van der Waals surface area contributed by atoms with Gasteiger partial charge in [-0.05, 0) is 17.7 Å². The third kappa shape index (κ3) is 3.77. The number of nitrogens with two attached hydrogens (primary N) is 1. The van der Waals surface area contributed by atoms with Gasteiger partial charge >= 0.3 is 0 Å². The Kier molecular flexibility index (Phi) is 5.24. The molecule has 3 rings (SSSR count). The fourth-order valence-corrected chi connectivity index (χ4v) is 3.09. The van der Waals surface area contributed by atoms with Crippen molar-refractivity contribution in [3.63, 3.8) is 0 Å². The fourth-order valence-electron chi connectivity index (χ4n) is 2.40. The normalized spacial score (nSPS) is 12.3. The summed E-state index contributed by atoms with van der Waals surface area (Å²) in [7, 11) is 0. The highest BCUT2D eigenvalue weighted by Crippen LogP contribution is 2.30. The van der Waals surface area contributed by atoms with Gasteiger partial charge in [-0.25, -0.2) is 14.4 Å². The smallest absolute Gasteiger partial charge is 0.155 e. The first-order valence-corrected chi connectivity index (χ1v) is 8.84. The van der Waals surface area contributed by atoms with Crippen molar-refractivity contribution < 1.29 is 13.2 Å². The van der Waals surface area contributed by atoms with Gasteiger partial charge < -0.3 is 10.3 Å². The van der Waals surface area contributed by atoms with Crippen molar-refractivity contribution in [1.29, 1.82) is 0 Å². The lowest BCUT2D eigenvalue weighted by atomic mass is 10.1. The molecule has 0 amide bonds. The monoisotopic (exact) mass is 379 g/mol. The predicted octanol–water partition coefficient (Wildman–Crippen LogP) is 2.56. The molecule has 1 atom stereocenters. The van der Waals surface area contributed by atoms with Gasteiger partial charge in [0, 0.05) is 29.6 Å². The zero-order valence-electron chi connectivity index (χ0n) is 12.9. The van der Waals surface area contributed by atoms with Gasteiger partial charge in [-0.15, -0.1) is 0 Å². The second-order valence-corrected chi connectivity index (χ2v) is 6.49. The number of imidazole rings is 1. The highest BCUT2D eigenvalue weighted by molar-refractivity contribution is 7.78. The molecule has 0 aliphatic carbocycles. The van der Waals surface area contributed by atoms with E-state index in [2.05, 4.69) is 9.97 Å². The Morgan fingerprint density at radius 3 is 2.68 bits per heavy atom. The maximum absolute atomic E-state index is 14.1. The molecule has 0 fully saturated rings. The highest BCUT2D eigenvalue weighted by Gasteiger charge is 2.15. The average Bonchev–Trinajstić information content (AvgIpc) is 2.96. The number of benzene rings is 1. The van der Waals surface area contributed by atoms with E-state index in [-0.39, 0.29) is 17.5 Å². The third-order valence-corrected chi connectivity index (χ3v) is 4.46. The van der Waals surface area contributed by atoms with Crippen molar-refractivity contribution in [2.24, 2.45) is 5.73 Å². The molecule has 1 unspecified atom stereocenters. The quantitative estimate of drug-likeness (QED) is 0.687. The fraction of sp³-hybridized carbons (Fsp3) is 0.125. The minimum Gasteiger partial charge on any atom is -0.772 e. The summed E-state index contributed by atoms with van der Waals surface area (Å²) < 4.78 is 37.2. The molecule has 130 valence electrons. The third-order valence-electron chi connectivity index (χ3n) is 3.61. The standard InChI is InChI=1S/C16H14ClFN4O2S/c17-16-15(11-2-3-12(6-19)13(18)5-11)22(9-21-16)14-4-1-10(7-20-14)8-25(23)24/h1-5,7,9H,6,8,19H2,(H,23,24)/p-1. The topological polar surface area (TPSA) is 96.9 Å². The van der Waals surface area contributed by atoms with Crippen molar-refractivity contribution in [3.05, 3.63) is 65.0 Å². The Labute approximate surface area is 150 Å². The minimum atomic E-state index is -2.19. The number of aromatic nitrogens is 3. The van der Waals surface area contributed by atoms with E-state index in [0.717, 1.165) is 0 Å². The molecule has 0 spiro atoms. The van der Waals surface area contributed by atoms with Crippen LogP contribution in [0, 0.1) is 5.82 Å². The first-order chi connectivity index (χ1) is 12.0. The molecule has 2 aromatic heterocycles. The van der Waals surface area contributed by atoms with Gasteiger partial charge in [-0.2, -0.15) is 0 Å². The van der Waals surface area contributed by atoms with Gasteiger partial charge in [0.1, 0.15) is 18.0 Å². The van der Waals surface area contributed by atoms with Gasteiger partial charge in [0.25, 0.3) is 0 Å². The first kappa shape index (κ1) is 17.7. The average molecular weight is 380 g/mol. The van der Waals surface area contributed by atoms with E-state index < -0.39 is 16.9 Å². The van der Waals surface area contributed by atoms with Crippen LogP contribution < -0.4 is 5.73 Å². The molecule has 0 aliphatic heterocycles. The van der Waals surface area contributed by atoms with Crippen LogP contribution in [0.1, 0.15) is 11.1 Å². The lowest BCUT2D eigenvalue weighted by Gasteiger charge is -2.10. The highest BCUT2D eigenvalue weighted by atomic mass is 35.5. The molecular formula is C16H13ClFN4O2S-. The number of halogens is 2. The molecule has 9 heteroatoms. The van der Waals surface area contributed by atoms with Crippen LogP contribution in [0.4, 0.5) is 4.39 Å². The summed E-state index contributed by atoms with van der Waals surface area (Å²) in [5.41, 5.74) is 7.46. The van der Waals surface area contributed by atoms with Crippen molar-refractivity contribution in [3.8, 4) is 17.1 Å². The van der Waals surface area contributed by atoms with Crippen LogP contribution >= 0.6 is 11.6 Å². The van der Waals surface area contributed by atoms with Gasteiger partial charge in [0.05, 0.1) is 5.69 Å². The van der Waals surface area contributed by atoms with Gasteiger partial charge in [0.15, 0.2) is 5.15 Å². The lowest BCUT2D eigenvalue weighted by Crippen LogP contribution is -2.02. The van der Waals surface area contributed by atoms with E-state index in [9.17, 15) is 13.2 Å². The SMILES string of the molecule is NCc1ccc(-c2c(Cl)ncn2-c2ccc(CS(=O)[O-])cn2)cc1F. The van der Waals surface area contributed by atoms with E-state index in [1.165, 1.54) is 18.6 Å². The van der Waals surface area contributed by atoms with Crippen LogP contribution in [0.3, 0.4) is 0 Å². The first-order valence-electron chi connectivity index (χ1n) is 7.22. The summed E-state index contributed by atoms with van der Waals surface area (Å²) in [6, 6.07) is 7.94. The van der Waals surface area contributed by atoms with E-state index >= 15 is 0 Å². The Bertz CT molecular complexity index is 930. The maximum atomic E-state index is 14.1. The van der Waals surface area contributed by atoms with Gasteiger partial charge in [-0.1, -0.05) is 40.9 Å². The van der Waals surface area contributed by atoms with Crippen molar-refractivity contribution >= 4 is 22.7 Å². The summed E-state index contributed by atoms with van der Waals surface area (Å²) >= 11 is 3.98. The summed E-state index contributed by atoms with van der Waals surface area (Å²) in [6.45, 7) is 0.100. The summed E-state index contributed by atoms with van der Waals surface area (Å²) in [5, 5.41) is 0.200. The van der Waals surface area contributed by atoms with E-state index in [4.69, 9.17) is 17.3 Å². The predicted molar refractivity (Wildman–Crippen MR) is 92.3 cm³/mol. The molecule has 1 aromatic carbocycles. The minimum absolute atomic E-state index is 0.100. The van der Waals surface area contributed by atoms with Crippen LogP contribution in [0.2, 0.25) is 5.15 Å². The van der Waals surface area contributed by atoms with Crippen LogP contribution in [0.5, 0.6) is 0 Å². The largest absolute Gasteiger partial charge is 0.772 e. The Balaban J connectivity index is 2.02. The van der Waals surface area contributed by atoms with Crippen LogP contribution in [-0.2, 0) is 23.4 Å².